The predicted molar refractivity (Wildman–Crippen MR) is 127 cm³/mol. The van der Waals surface area contributed by atoms with Crippen molar-refractivity contribution in [2.45, 2.75) is 25.4 Å². The van der Waals surface area contributed by atoms with Gasteiger partial charge in [-0.1, -0.05) is 24.3 Å². The standard InChI is InChI=1S/C25H27N3O7/c1-14-13-28(2)24(32)22(23(14)31)27-25(33)26-17(12-20(29)30)15-7-5-8-16(11-15)21-18(34-3)9-6-10-19(21)35-4/h5-11,13,17,22H,12H2,1-4H3,(H,29,30)(H2,26,27,33). The molecule has 1 heterocycles. The second-order valence-corrected chi connectivity index (χ2v) is 7.99. The SMILES string of the molecule is COc1cccc(OC)c1-c1cccc(C(CC(=O)O)NC(=O)NC2C(=O)C(C)=CN(C)C2=O)c1. The molecule has 2 unspecified atom stereocenters. The van der Waals surface area contributed by atoms with Gasteiger partial charge in [0.15, 0.2) is 11.8 Å². The van der Waals surface area contributed by atoms with E-state index >= 15 is 0 Å². The van der Waals surface area contributed by atoms with E-state index in [1.54, 1.807) is 43.3 Å². The van der Waals surface area contributed by atoms with Gasteiger partial charge in [0.1, 0.15) is 11.5 Å². The van der Waals surface area contributed by atoms with Gasteiger partial charge in [-0.25, -0.2) is 4.79 Å². The number of methoxy groups -OCH3 is 2. The molecule has 0 bridgehead atoms. The molecular formula is C25H27N3O7. The highest BCUT2D eigenvalue weighted by Crippen LogP contribution is 2.39. The van der Waals surface area contributed by atoms with Crippen LogP contribution in [0.5, 0.6) is 11.5 Å². The Morgan fingerprint density at radius 3 is 2.31 bits per heavy atom. The van der Waals surface area contributed by atoms with Gasteiger partial charge >= 0.3 is 12.0 Å². The third-order valence-electron chi connectivity index (χ3n) is 5.60. The number of ketones is 1. The summed E-state index contributed by atoms with van der Waals surface area (Å²) in [5, 5.41) is 14.4. The van der Waals surface area contributed by atoms with Gasteiger partial charge in [-0.05, 0) is 36.2 Å². The number of rotatable bonds is 8. The molecule has 3 amide bonds. The molecule has 0 saturated carbocycles. The molecule has 2 aromatic rings. The summed E-state index contributed by atoms with van der Waals surface area (Å²) in [6.45, 7) is 1.54. The van der Waals surface area contributed by atoms with Crippen molar-refractivity contribution in [3.63, 3.8) is 0 Å². The Morgan fingerprint density at radius 1 is 1.09 bits per heavy atom. The minimum absolute atomic E-state index is 0.318. The molecule has 1 aliphatic heterocycles. The smallest absolute Gasteiger partial charge is 0.316 e. The minimum Gasteiger partial charge on any atom is -0.496 e. The van der Waals surface area contributed by atoms with Crippen LogP contribution >= 0.6 is 0 Å². The first-order valence-electron chi connectivity index (χ1n) is 10.8. The molecule has 10 heteroatoms. The lowest BCUT2D eigenvalue weighted by Gasteiger charge is -2.27. The molecule has 1 aliphatic rings. The molecule has 2 aromatic carbocycles. The zero-order valence-corrected chi connectivity index (χ0v) is 19.8. The number of hydrogen-bond acceptors (Lipinski definition) is 6. The topological polar surface area (TPSA) is 134 Å². The number of ether oxygens (including phenoxy) is 2. The van der Waals surface area contributed by atoms with Gasteiger partial charge in [0.25, 0.3) is 5.91 Å². The lowest BCUT2D eigenvalue weighted by Crippen LogP contribution is -2.56. The molecule has 184 valence electrons. The number of nitrogens with one attached hydrogen (secondary N) is 2. The van der Waals surface area contributed by atoms with E-state index in [2.05, 4.69) is 10.6 Å². The highest BCUT2D eigenvalue weighted by atomic mass is 16.5. The van der Waals surface area contributed by atoms with E-state index in [-0.39, 0.29) is 0 Å². The Labute approximate surface area is 202 Å². The van der Waals surface area contributed by atoms with Crippen LogP contribution in [0.4, 0.5) is 4.79 Å². The van der Waals surface area contributed by atoms with E-state index in [9.17, 15) is 24.3 Å². The van der Waals surface area contributed by atoms with Crippen LogP contribution in [0, 0.1) is 0 Å². The normalized spacial score (nSPS) is 16.3. The minimum atomic E-state index is -1.39. The van der Waals surface area contributed by atoms with Gasteiger partial charge in [-0.15, -0.1) is 0 Å². The Kier molecular flexibility index (Phi) is 7.75. The lowest BCUT2D eigenvalue weighted by atomic mass is 9.96. The lowest BCUT2D eigenvalue weighted by molar-refractivity contribution is -0.138. The van der Waals surface area contributed by atoms with Crippen LogP contribution in [0.1, 0.15) is 24.9 Å². The molecule has 10 nitrogen and oxygen atoms in total. The first-order valence-corrected chi connectivity index (χ1v) is 10.8. The first kappa shape index (κ1) is 25.3. The van der Waals surface area contributed by atoms with Crippen LogP contribution in [0.15, 0.2) is 54.2 Å². The van der Waals surface area contributed by atoms with E-state index in [4.69, 9.17) is 9.47 Å². The number of hydrogen-bond donors (Lipinski definition) is 3. The summed E-state index contributed by atoms with van der Waals surface area (Å²) in [6, 6.07) is 9.10. The highest BCUT2D eigenvalue weighted by molar-refractivity contribution is 6.16. The van der Waals surface area contributed by atoms with Crippen LogP contribution in [0.3, 0.4) is 0 Å². The zero-order valence-electron chi connectivity index (χ0n) is 19.8. The maximum absolute atomic E-state index is 12.7. The number of nitrogens with zero attached hydrogens (tertiary/aromatic N) is 1. The third kappa shape index (κ3) is 5.60. The van der Waals surface area contributed by atoms with Gasteiger partial charge < -0.3 is 30.1 Å². The molecule has 3 rings (SSSR count). The molecule has 0 radical (unpaired) electrons. The van der Waals surface area contributed by atoms with Crippen molar-refractivity contribution < 1.29 is 33.8 Å². The average Bonchev–Trinajstić information content (AvgIpc) is 2.84. The second-order valence-electron chi connectivity index (χ2n) is 7.99. The number of carboxylic acid groups (broad SMARTS) is 1. The highest BCUT2D eigenvalue weighted by Gasteiger charge is 2.35. The largest absolute Gasteiger partial charge is 0.496 e. The quantitative estimate of drug-likeness (QED) is 0.493. The number of urea groups is 1. The van der Waals surface area contributed by atoms with Gasteiger partial charge in [0.2, 0.25) is 0 Å². The monoisotopic (exact) mass is 481 g/mol. The van der Waals surface area contributed by atoms with E-state index in [0.29, 0.717) is 33.8 Å². The average molecular weight is 482 g/mol. The number of amides is 3. The molecule has 0 aliphatic carbocycles. The predicted octanol–water partition coefficient (Wildman–Crippen LogP) is 2.50. The number of Topliss-reactive ketones (excluding diaryl/α,β-unsaturated/α-hetero) is 1. The molecule has 3 N–H and O–H groups in total. The summed E-state index contributed by atoms with van der Waals surface area (Å²) in [6.07, 6.45) is 0.969. The number of carbonyl (C=O) groups is 4. The Morgan fingerprint density at radius 2 is 1.71 bits per heavy atom. The van der Waals surface area contributed by atoms with Crippen molar-refractivity contribution in [3.8, 4) is 22.6 Å². The summed E-state index contributed by atoms with van der Waals surface area (Å²) >= 11 is 0. The summed E-state index contributed by atoms with van der Waals surface area (Å²) in [5.41, 5.74) is 2.18. The summed E-state index contributed by atoms with van der Waals surface area (Å²) in [5.74, 6) is -1.13. The van der Waals surface area contributed by atoms with E-state index in [1.165, 1.54) is 32.4 Å². The molecule has 0 spiro atoms. The molecule has 2 atom stereocenters. The fourth-order valence-electron chi connectivity index (χ4n) is 3.89. The maximum Gasteiger partial charge on any atom is 0.316 e. The van der Waals surface area contributed by atoms with Crippen LogP contribution < -0.4 is 20.1 Å². The number of benzene rings is 2. The van der Waals surface area contributed by atoms with Crippen molar-refractivity contribution in [2.24, 2.45) is 0 Å². The Bertz CT molecular complexity index is 1170. The number of likely N-dealkylation sites (N-methyl/N-ethyl adjacent to an activating group) is 1. The van der Waals surface area contributed by atoms with Crippen LogP contribution in [-0.4, -0.2) is 61.0 Å². The fraction of sp³-hybridized carbons (Fsp3) is 0.280. The van der Waals surface area contributed by atoms with Gasteiger partial charge in [0, 0.05) is 18.8 Å². The summed E-state index contributed by atoms with van der Waals surface area (Å²) in [7, 11) is 4.54. The maximum atomic E-state index is 12.7. The molecule has 0 saturated heterocycles. The van der Waals surface area contributed by atoms with Gasteiger partial charge in [-0.2, -0.15) is 0 Å². The first-order chi connectivity index (χ1) is 16.7. The van der Waals surface area contributed by atoms with Gasteiger partial charge in [-0.3, -0.25) is 14.4 Å². The number of carboxylic acids is 1. The molecule has 0 aromatic heterocycles. The van der Waals surface area contributed by atoms with E-state index < -0.39 is 42.2 Å². The number of carbonyl (C=O) groups excluding carboxylic acids is 3. The van der Waals surface area contributed by atoms with Crippen molar-refractivity contribution in [1.29, 1.82) is 0 Å². The van der Waals surface area contributed by atoms with E-state index in [1.807, 2.05) is 6.07 Å². The fourth-order valence-corrected chi connectivity index (χ4v) is 3.89. The summed E-state index contributed by atoms with van der Waals surface area (Å²) < 4.78 is 10.9. The third-order valence-corrected chi connectivity index (χ3v) is 5.60. The number of aliphatic carboxylic acids is 1. The zero-order chi connectivity index (χ0) is 25.7. The Balaban J connectivity index is 1.90. The summed E-state index contributed by atoms with van der Waals surface area (Å²) in [4.78, 5) is 50.3. The second kappa shape index (κ2) is 10.7. The van der Waals surface area contributed by atoms with Crippen molar-refractivity contribution >= 4 is 23.7 Å². The van der Waals surface area contributed by atoms with Crippen LogP contribution in [0.25, 0.3) is 11.1 Å². The Hall–Kier alpha value is -4.34. The molecular weight excluding hydrogens is 454 g/mol. The molecule has 35 heavy (non-hydrogen) atoms. The van der Waals surface area contributed by atoms with Gasteiger partial charge in [0.05, 0.1) is 32.2 Å². The van der Waals surface area contributed by atoms with E-state index in [0.717, 1.165) is 0 Å². The van der Waals surface area contributed by atoms with Crippen molar-refractivity contribution in [1.82, 2.24) is 15.5 Å². The van der Waals surface area contributed by atoms with Crippen molar-refractivity contribution in [3.05, 3.63) is 59.8 Å². The van der Waals surface area contributed by atoms with Crippen LogP contribution in [0.2, 0.25) is 0 Å². The van der Waals surface area contributed by atoms with Crippen molar-refractivity contribution in [2.75, 3.05) is 21.3 Å². The molecule has 0 fully saturated rings. The van der Waals surface area contributed by atoms with Crippen LogP contribution in [-0.2, 0) is 14.4 Å².